The van der Waals surface area contributed by atoms with E-state index in [0.717, 1.165) is 25.7 Å². The molecule has 5 nitrogen and oxygen atoms in total. The number of azide groups is 1. The van der Waals surface area contributed by atoms with Crippen molar-refractivity contribution in [1.82, 2.24) is 0 Å². The minimum absolute atomic E-state index is 0.246. The first kappa shape index (κ1) is 11.5. The first-order valence-corrected chi connectivity index (χ1v) is 5.73. The Kier molecular flexibility index (Phi) is 3.49. The van der Waals surface area contributed by atoms with E-state index < -0.39 is 6.10 Å². The molecule has 1 fully saturated rings. The van der Waals surface area contributed by atoms with E-state index in [9.17, 15) is 5.11 Å². The summed E-state index contributed by atoms with van der Waals surface area (Å²) in [7, 11) is 0. The molecule has 0 aromatic carbocycles. The Bertz CT molecular complexity index is 325. The molecule has 16 heavy (non-hydrogen) atoms. The Morgan fingerprint density at radius 1 is 1.50 bits per heavy atom. The van der Waals surface area contributed by atoms with Crippen LogP contribution >= 0.6 is 0 Å². The molecule has 2 rings (SSSR count). The number of nitrogens with zero attached hydrogens (tertiary/aromatic N) is 3. The summed E-state index contributed by atoms with van der Waals surface area (Å²) in [4.78, 5) is 2.82. The first-order valence-electron chi connectivity index (χ1n) is 5.73. The molecule has 3 atom stereocenters. The van der Waals surface area contributed by atoms with Crippen molar-refractivity contribution < 1.29 is 9.84 Å². The van der Waals surface area contributed by atoms with Gasteiger partial charge in [-0.3, -0.25) is 0 Å². The first-order chi connectivity index (χ1) is 7.78. The number of rotatable bonds is 1. The zero-order valence-corrected chi connectivity index (χ0v) is 9.25. The van der Waals surface area contributed by atoms with E-state index in [1.807, 2.05) is 6.08 Å². The number of allylic oxidation sites excluding steroid dienone is 1. The molecule has 0 aromatic rings. The van der Waals surface area contributed by atoms with Crippen molar-refractivity contribution in [3.8, 4) is 0 Å². The van der Waals surface area contributed by atoms with Gasteiger partial charge in [0.05, 0.1) is 25.4 Å². The van der Waals surface area contributed by atoms with Crippen molar-refractivity contribution in [3.05, 3.63) is 22.6 Å². The van der Waals surface area contributed by atoms with Crippen LogP contribution in [0.2, 0.25) is 0 Å². The molecule has 2 aliphatic rings. The normalized spacial score (nSPS) is 39.1. The van der Waals surface area contributed by atoms with E-state index in [2.05, 4.69) is 16.1 Å². The summed E-state index contributed by atoms with van der Waals surface area (Å²) in [5.41, 5.74) is 8.23. The van der Waals surface area contributed by atoms with Crippen LogP contribution in [-0.4, -0.2) is 30.5 Å². The summed E-state index contributed by atoms with van der Waals surface area (Å²) in [6.45, 7) is 1.17. The van der Waals surface area contributed by atoms with E-state index in [1.165, 1.54) is 0 Å². The number of hydrogen-bond acceptors (Lipinski definition) is 3. The van der Waals surface area contributed by atoms with Gasteiger partial charge in [0.1, 0.15) is 0 Å². The van der Waals surface area contributed by atoms with Gasteiger partial charge in [-0.2, -0.15) is 0 Å². The lowest BCUT2D eigenvalue weighted by Gasteiger charge is -2.43. The van der Waals surface area contributed by atoms with Crippen LogP contribution in [0, 0.1) is 5.41 Å². The molecule has 0 aromatic heterocycles. The molecule has 0 unspecified atom stereocenters. The van der Waals surface area contributed by atoms with Crippen molar-refractivity contribution in [3.63, 3.8) is 0 Å². The minimum Gasteiger partial charge on any atom is -0.392 e. The van der Waals surface area contributed by atoms with Crippen molar-refractivity contribution in [1.29, 1.82) is 0 Å². The molecule has 1 aliphatic heterocycles. The molecule has 1 heterocycles. The fourth-order valence-corrected chi connectivity index (χ4v) is 2.72. The van der Waals surface area contributed by atoms with Gasteiger partial charge >= 0.3 is 0 Å². The van der Waals surface area contributed by atoms with E-state index in [-0.39, 0.29) is 11.5 Å². The lowest BCUT2D eigenvalue weighted by molar-refractivity contribution is -0.0691. The third kappa shape index (κ3) is 2.07. The van der Waals surface area contributed by atoms with Gasteiger partial charge in [0.15, 0.2) is 0 Å². The van der Waals surface area contributed by atoms with Crippen LogP contribution in [0.5, 0.6) is 0 Å². The predicted molar refractivity (Wildman–Crippen MR) is 59.8 cm³/mol. The van der Waals surface area contributed by atoms with Crippen LogP contribution in [0.1, 0.15) is 25.7 Å². The molecule has 0 bridgehead atoms. The highest BCUT2D eigenvalue weighted by Gasteiger charge is 2.44. The van der Waals surface area contributed by atoms with Gasteiger partial charge in [-0.05, 0) is 24.8 Å². The predicted octanol–water partition coefficient (Wildman–Crippen LogP) is 2.17. The fourth-order valence-electron chi connectivity index (χ4n) is 2.72. The van der Waals surface area contributed by atoms with Crippen LogP contribution in [-0.2, 0) is 4.74 Å². The van der Waals surface area contributed by atoms with Crippen molar-refractivity contribution in [2.24, 2.45) is 10.5 Å². The summed E-state index contributed by atoms with van der Waals surface area (Å²) < 4.78 is 5.50. The van der Waals surface area contributed by atoms with Gasteiger partial charge in [0.25, 0.3) is 0 Å². The quantitative estimate of drug-likeness (QED) is 0.320. The number of aliphatic hydroxyl groups excluding tert-OH is 1. The topological polar surface area (TPSA) is 78.2 Å². The molecule has 5 heteroatoms. The van der Waals surface area contributed by atoms with Gasteiger partial charge < -0.3 is 9.84 Å². The van der Waals surface area contributed by atoms with Crippen molar-refractivity contribution >= 4 is 0 Å². The second-order valence-corrected chi connectivity index (χ2v) is 4.66. The maximum atomic E-state index is 10.3. The highest BCUT2D eigenvalue weighted by atomic mass is 16.5. The third-order valence-corrected chi connectivity index (χ3v) is 3.66. The Hall–Kier alpha value is -1.03. The van der Waals surface area contributed by atoms with Crippen LogP contribution in [0.4, 0.5) is 0 Å². The Morgan fingerprint density at radius 2 is 2.38 bits per heavy atom. The summed E-state index contributed by atoms with van der Waals surface area (Å²) in [6, 6.07) is -0.297. The summed E-state index contributed by atoms with van der Waals surface area (Å²) in [5, 5.41) is 14.0. The molecular formula is C11H17N3O2. The van der Waals surface area contributed by atoms with E-state index in [1.54, 1.807) is 0 Å². The molecule has 0 amide bonds. The Labute approximate surface area is 94.7 Å². The van der Waals surface area contributed by atoms with Gasteiger partial charge in [0.2, 0.25) is 0 Å². The van der Waals surface area contributed by atoms with Crippen molar-refractivity contribution in [2.45, 2.75) is 37.8 Å². The van der Waals surface area contributed by atoms with Crippen LogP contribution < -0.4 is 0 Å². The second kappa shape index (κ2) is 4.87. The number of hydrogen-bond donors (Lipinski definition) is 1. The van der Waals surface area contributed by atoms with Gasteiger partial charge in [-0.1, -0.05) is 23.7 Å². The monoisotopic (exact) mass is 223 g/mol. The standard InChI is InChI=1S/C11H17N3O2/c12-14-13-9-4-3-6-11(10(9)15)5-1-2-7-16-8-11/h1-2,9-10,15H,3-8H2/t9-,10+,11+/m0/s1. The smallest absolute Gasteiger partial charge is 0.0706 e. The maximum absolute atomic E-state index is 10.3. The maximum Gasteiger partial charge on any atom is 0.0706 e. The number of ether oxygens (including phenoxy) is 1. The lowest BCUT2D eigenvalue weighted by Crippen LogP contribution is -2.48. The van der Waals surface area contributed by atoms with E-state index >= 15 is 0 Å². The highest BCUT2D eigenvalue weighted by molar-refractivity contribution is 5.03. The van der Waals surface area contributed by atoms with Gasteiger partial charge in [-0.15, -0.1) is 0 Å². The SMILES string of the molecule is [N-]=[N+]=N[C@H]1CCC[C@@]2(CC=CCOC2)[C@@H]1O. The summed E-state index contributed by atoms with van der Waals surface area (Å²) in [6.07, 6.45) is 6.98. The Balaban J connectivity index is 2.18. The van der Waals surface area contributed by atoms with Crippen LogP contribution in [0.3, 0.4) is 0 Å². The molecule has 1 N–H and O–H groups in total. The molecule has 1 spiro atoms. The largest absolute Gasteiger partial charge is 0.392 e. The number of aliphatic hydroxyl groups is 1. The second-order valence-electron chi connectivity index (χ2n) is 4.66. The van der Waals surface area contributed by atoms with E-state index in [4.69, 9.17) is 10.3 Å². The summed E-state index contributed by atoms with van der Waals surface area (Å²) >= 11 is 0. The van der Waals surface area contributed by atoms with Crippen LogP contribution in [0.25, 0.3) is 10.4 Å². The molecule has 1 aliphatic carbocycles. The molecule has 0 saturated heterocycles. The fraction of sp³-hybridized carbons (Fsp3) is 0.818. The zero-order chi connectivity index (χ0) is 11.4. The molecule has 1 saturated carbocycles. The van der Waals surface area contributed by atoms with Crippen molar-refractivity contribution in [2.75, 3.05) is 13.2 Å². The summed E-state index contributed by atoms with van der Waals surface area (Å²) in [5.74, 6) is 0. The third-order valence-electron chi connectivity index (χ3n) is 3.66. The minimum atomic E-state index is -0.583. The van der Waals surface area contributed by atoms with Gasteiger partial charge in [-0.25, -0.2) is 0 Å². The van der Waals surface area contributed by atoms with Gasteiger partial charge in [0, 0.05) is 10.3 Å². The van der Waals surface area contributed by atoms with E-state index in [0.29, 0.717) is 13.2 Å². The zero-order valence-electron chi connectivity index (χ0n) is 9.25. The average molecular weight is 223 g/mol. The Morgan fingerprint density at radius 3 is 3.19 bits per heavy atom. The molecular weight excluding hydrogens is 206 g/mol. The molecule has 0 radical (unpaired) electrons. The highest BCUT2D eigenvalue weighted by Crippen LogP contribution is 2.42. The van der Waals surface area contributed by atoms with Crippen LogP contribution in [0.15, 0.2) is 17.3 Å². The molecule has 88 valence electrons. The lowest BCUT2D eigenvalue weighted by atomic mass is 9.68. The average Bonchev–Trinajstić information content (AvgIpc) is 2.52.